The molecule has 4 aromatic rings. The van der Waals surface area contributed by atoms with Crippen LogP contribution in [0.5, 0.6) is 0 Å². The highest BCUT2D eigenvalue weighted by atomic mass is 35.5. The molecule has 5 heteroatoms. The molecule has 0 amide bonds. The summed E-state index contributed by atoms with van der Waals surface area (Å²) in [5, 5.41) is 12.5. The average Bonchev–Trinajstić information content (AvgIpc) is 3.19. The van der Waals surface area contributed by atoms with Crippen LogP contribution in [0.4, 0.5) is 0 Å². The highest BCUT2D eigenvalue weighted by Gasteiger charge is 2.15. The molecular formula is C22H18ClN3O. The summed E-state index contributed by atoms with van der Waals surface area (Å²) in [5.74, 6) is 1.02. The van der Waals surface area contributed by atoms with Crippen molar-refractivity contribution in [2.75, 3.05) is 0 Å². The molecule has 0 unspecified atom stereocenters. The molecule has 0 atom stereocenters. The van der Waals surface area contributed by atoms with E-state index in [1.165, 1.54) is 11.1 Å². The third kappa shape index (κ3) is 4.25. The molecule has 0 radical (unpaired) electrons. The molecule has 134 valence electrons. The number of rotatable bonds is 6. The molecule has 0 saturated heterocycles. The van der Waals surface area contributed by atoms with Gasteiger partial charge in [-0.1, -0.05) is 72.3 Å². The second kappa shape index (κ2) is 8.16. The lowest BCUT2D eigenvalue weighted by molar-refractivity contribution is 0.462. The van der Waals surface area contributed by atoms with E-state index in [9.17, 15) is 0 Å². The molecule has 0 spiro atoms. The first-order valence-corrected chi connectivity index (χ1v) is 9.09. The predicted octanol–water partition coefficient (Wildman–Crippen LogP) is 5.27. The Balaban J connectivity index is 1.52. The molecule has 1 N–H and O–H groups in total. The molecule has 0 aliphatic carbocycles. The zero-order valence-electron chi connectivity index (χ0n) is 14.5. The minimum absolute atomic E-state index is 0.0401. The van der Waals surface area contributed by atoms with Crippen molar-refractivity contribution in [1.29, 1.82) is 0 Å². The van der Waals surface area contributed by atoms with E-state index < -0.39 is 0 Å². The molecule has 4 nitrogen and oxygen atoms in total. The fourth-order valence-electron chi connectivity index (χ4n) is 2.94. The van der Waals surface area contributed by atoms with Gasteiger partial charge < -0.3 is 4.42 Å². The Labute approximate surface area is 162 Å². The minimum atomic E-state index is 0.0401. The third-order valence-electron chi connectivity index (χ3n) is 4.28. The summed E-state index contributed by atoms with van der Waals surface area (Å²) in [4.78, 5) is 0. The van der Waals surface area contributed by atoms with Crippen LogP contribution in [0.2, 0.25) is 5.02 Å². The zero-order valence-corrected chi connectivity index (χ0v) is 15.3. The highest BCUT2D eigenvalue weighted by Crippen LogP contribution is 2.23. The number of benzene rings is 3. The van der Waals surface area contributed by atoms with Gasteiger partial charge in [0, 0.05) is 10.6 Å². The maximum atomic E-state index is 5.93. The van der Waals surface area contributed by atoms with Gasteiger partial charge in [0.2, 0.25) is 11.8 Å². The van der Waals surface area contributed by atoms with Crippen LogP contribution >= 0.6 is 11.6 Å². The topological polar surface area (TPSA) is 51.0 Å². The van der Waals surface area contributed by atoms with E-state index in [2.05, 4.69) is 39.8 Å². The third-order valence-corrected chi connectivity index (χ3v) is 4.53. The number of halogens is 1. The van der Waals surface area contributed by atoms with Crippen LogP contribution in [0.15, 0.2) is 89.3 Å². The lowest BCUT2D eigenvalue weighted by atomic mass is 9.99. The Morgan fingerprint density at radius 3 is 1.96 bits per heavy atom. The van der Waals surface area contributed by atoms with Crippen LogP contribution < -0.4 is 5.32 Å². The van der Waals surface area contributed by atoms with E-state index in [1.807, 2.05) is 48.5 Å². The van der Waals surface area contributed by atoms with Crippen LogP contribution in [-0.4, -0.2) is 10.2 Å². The van der Waals surface area contributed by atoms with Gasteiger partial charge in [0.05, 0.1) is 12.6 Å². The fourth-order valence-corrected chi connectivity index (χ4v) is 3.07. The van der Waals surface area contributed by atoms with Crippen LogP contribution in [-0.2, 0) is 6.54 Å². The molecule has 0 aliphatic rings. The second-order valence-electron chi connectivity index (χ2n) is 6.14. The van der Waals surface area contributed by atoms with Crippen molar-refractivity contribution in [2.24, 2.45) is 0 Å². The number of nitrogens with zero attached hydrogens (tertiary/aromatic N) is 2. The fraction of sp³-hybridized carbons (Fsp3) is 0.0909. The van der Waals surface area contributed by atoms with Gasteiger partial charge in [-0.15, -0.1) is 10.2 Å². The highest BCUT2D eigenvalue weighted by molar-refractivity contribution is 6.30. The lowest BCUT2D eigenvalue weighted by Gasteiger charge is -2.18. The molecule has 3 aromatic carbocycles. The van der Waals surface area contributed by atoms with Gasteiger partial charge >= 0.3 is 0 Å². The van der Waals surface area contributed by atoms with E-state index in [0.29, 0.717) is 23.3 Å². The summed E-state index contributed by atoms with van der Waals surface area (Å²) in [6, 6.07) is 28.0. The molecule has 1 aromatic heterocycles. The van der Waals surface area contributed by atoms with E-state index in [1.54, 1.807) is 12.1 Å². The average molecular weight is 376 g/mol. The number of nitrogens with one attached hydrogen (secondary N) is 1. The Bertz CT molecular complexity index is 946. The quantitative estimate of drug-likeness (QED) is 0.498. The van der Waals surface area contributed by atoms with Gasteiger partial charge in [-0.05, 0) is 35.4 Å². The van der Waals surface area contributed by atoms with Gasteiger partial charge in [0.15, 0.2) is 0 Å². The first-order chi connectivity index (χ1) is 13.3. The van der Waals surface area contributed by atoms with Gasteiger partial charge in [0.1, 0.15) is 0 Å². The van der Waals surface area contributed by atoms with Crippen LogP contribution in [0.3, 0.4) is 0 Å². The SMILES string of the molecule is Clc1ccc(-c2nnc(CNC(c3ccccc3)c3ccccc3)o2)cc1. The Morgan fingerprint density at radius 2 is 1.37 bits per heavy atom. The second-order valence-corrected chi connectivity index (χ2v) is 6.58. The zero-order chi connectivity index (χ0) is 18.5. The molecule has 0 bridgehead atoms. The van der Waals surface area contributed by atoms with Crippen molar-refractivity contribution in [2.45, 2.75) is 12.6 Å². The van der Waals surface area contributed by atoms with Crippen LogP contribution in [0.1, 0.15) is 23.1 Å². The van der Waals surface area contributed by atoms with Crippen molar-refractivity contribution < 1.29 is 4.42 Å². The molecule has 1 heterocycles. The maximum absolute atomic E-state index is 5.93. The predicted molar refractivity (Wildman–Crippen MR) is 106 cm³/mol. The Morgan fingerprint density at radius 1 is 0.778 bits per heavy atom. The Hall–Kier alpha value is -2.95. The molecule has 4 rings (SSSR count). The van der Waals surface area contributed by atoms with Gasteiger partial charge in [-0.3, -0.25) is 5.32 Å². The standard InChI is InChI=1S/C22H18ClN3O/c23-19-13-11-18(12-14-19)22-26-25-20(27-22)15-24-21(16-7-3-1-4-8-16)17-9-5-2-6-10-17/h1-14,21,24H,15H2. The number of hydrogen-bond donors (Lipinski definition) is 1. The van der Waals surface area contributed by atoms with E-state index >= 15 is 0 Å². The Kier molecular flexibility index (Phi) is 5.28. The summed E-state index contributed by atoms with van der Waals surface area (Å²) in [5.41, 5.74) is 3.21. The van der Waals surface area contributed by atoms with Crippen molar-refractivity contribution in [3.8, 4) is 11.5 Å². The molecule has 0 fully saturated rings. The lowest BCUT2D eigenvalue weighted by Crippen LogP contribution is -2.22. The van der Waals surface area contributed by atoms with Gasteiger partial charge in [0.25, 0.3) is 0 Å². The molecule has 0 saturated carbocycles. The summed E-state index contributed by atoms with van der Waals surface area (Å²) >= 11 is 5.93. The first kappa shape index (κ1) is 17.5. The van der Waals surface area contributed by atoms with Crippen LogP contribution in [0.25, 0.3) is 11.5 Å². The maximum Gasteiger partial charge on any atom is 0.247 e. The summed E-state index contributed by atoms with van der Waals surface area (Å²) in [6.45, 7) is 0.467. The van der Waals surface area contributed by atoms with Gasteiger partial charge in [-0.2, -0.15) is 0 Å². The van der Waals surface area contributed by atoms with Crippen LogP contribution in [0, 0.1) is 0 Å². The first-order valence-electron chi connectivity index (χ1n) is 8.71. The van der Waals surface area contributed by atoms with E-state index in [0.717, 1.165) is 5.56 Å². The summed E-state index contributed by atoms with van der Waals surface area (Å²) in [6.07, 6.45) is 0. The molecular weight excluding hydrogens is 358 g/mol. The summed E-state index contributed by atoms with van der Waals surface area (Å²) < 4.78 is 5.80. The monoisotopic (exact) mass is 375 g/mol. The molecule has 0 aliphatic heterocycles. The van der Waals surface area contributed by atoms with E-state index in [-0.39, 0.29) is 6.04 Å². The minimum Gasteiger partial charge on any atom is -0.419 e. The smallest absolute Gasteiger partial charge is 0.247 e. The van der Waals surface area contributed by atoms with Gasteiger partial charge in [-0.25, -0.2) is 0 Å². The van der Waals surface area contributed by atoms with Crippen molar-refractivity contribution in [3.05, 3.63) is 107 Å². The van der Waals surface area contributed by atoms with E-state index in [4.69, 9.17) is 16.0 Å². The van der Waals surface area contributed by atoms with Crippen molar-refractivity contribution >= 4 is 11.6 Å². The summed E-state index contributed by atoms with van der Waals surface area (Å²) in [7, 11) is 0. The largest absolute Gasteiger partial charge is 0.419 e. The normalized spacial score (nSPS) is 11.0. The molecule has 27 heavy (non-hydrogen) atoms. The van der Waals surface area contributed by atoms with Crippen molar-refractivity contribution in [3.63, 3.8) is 0 Å². The van der Waals surface area contributed by atoms with Crippen molar-refractivity contribution in [1.82, 2.24) is 15.5 Å². The number of aromatic nitrogens is 2. The number of hydrogen-bond acceptors (Lipinski definition) is 4.